The predicted molar refractivity (Wildman–Crippen MR) is 163 cm³/mol. The first-order valence-electron chi connectivity index (χ1n) is 14.3. The summed E-state index contributed by atoms with van der Waals surface area (Å²) in [6.07, 6.45) is 1.05. The van der Waals surface area contributed by atoms with Crippen LogP contribution in [0.25, 0.3) is 10.8 Å². The van der Waals surface area contributed by atoms with Crippen molar-refractivity contribution in [2.45, 2.75) is 78.5 Å². The number of carbonyl (C=O) groups excluding carboxylic acids is 3. The lowest BCUT2D eigenvalue weighted by Crippen LogP contribution is -2.53. The van der Waals surface area contributed by atoms with Crippen LogP contribution in [0, 0.1) is 5.92 Å². The fourth-order valence-electron chi connectivity index (χ4n) is 4.68. The van der Waals surface area contributed by atoms with Gasteiger partial charge in [0.25, 0.3) is 5.91 Å². The third kappa shape index (κ3) is 8.96. The molecule has 0 aliphatic heterocycles. The number of phenols is 1. The predicted octanol–water partition coefficient (Wildman–Crippen LogP) is 6.79. The van der Waals surface area contributed by atoms with Crippen LogP contribution in [-0.2, 0) is 14.3 Å². The number of hydrogen-bond acceptors (Lipinski definition) is 5. The summed E-state index contributed by atoms with van der Waals surface area (Å²) in [5.74, 6) is -0.908. The number of nitrogens with zero attached hydrogens (tertiary/aromatic N) is 1. The minimum atomic E-state index is -1.14. The molecule has 0 radical (unpaired) electrons. The van der Waals surface area contributed by atoms with Gasteiger partial charge in [-0.1, -0.05) is 75.7 Å². The van der Waals surface area contributed by atoms with E-state index in [0.717, 1.165) is 17.2 Å². The van der Waals surface area contributed by atoms with Crippen molar-refractivity contribution in [3.63, 3.8) is 0 Å². The zero-order chi connectivity index (χ0) is 30.2. The molecule has 0 aromatic heterocycles. The molecule has 8 heteroatoms. The van der Waals surface area contributed by atoms with E-state index in [-0.39, 0.29) is 18.2 Å². The van der Waals surface area contributed by atoms with Crippen LogP contribution in [0.3, 0.4) is 0 Å². The van der Waals surface area contributed by atoms with E-state index in [9.17, 15) is 19.5 Å². The number of ether oxygens (including phenoxy) is 1. The highest BCUT2D eigenvalue weighted by atomic mass is 16.6. The van der Waals surface area contributed by atoms with E-state index in [1.165, 1.54) is 11.0 Å². The van der Waals surface area contributed by atoms with Crippen LogP contribution in [0.2, 0.25) is 0 Å². The van der Waals surface area contributed by atoms with Crippen molar-refractivity contribution in [3.8, 4) is 5.75 Å². The molecule has 2 atom stereocenters. The fourth-order valence-corrected chi connectivity index (χ4v) is 4.68. The lowest BCUT2D eigenvalue weighted by atomic mass is 9.98. The summed E-state index contributed by atoms with van der Waals surface area (Å²) in [5, 5.41) is 18.5. The second-order valence-corrected chi connectivity index (χ2v) is 11.7. The minimum absolute atomic E-state index is 0.0712. The van der Waals surface area contributed by atoms with Gasteiger partial charge in [-0.25, -0.2) is 4.79 Å². The number of alkyl carbamates (subject to hydrolysis) is 1. The average molecular weight is 562 g/mol. The molecule has 0 fully saturated rings. The van der Waals surface area contributed by atoms with E-state index < -0.39 is 35.6 Å². The molecular weight excluding hydrogens is 518 g/mol. The molecule has 3 rings (SSSR count). The van der Waals surface area contributed by atoms with Gasteiger partial charge in [-0.15, -0.1) is 0 Å². The van der Waals surface area contributed by atoms with Gasteiger partial charge in [0.2, 0.25) is 5.91 Å². The molecule has 3 aromatic carbocycles. The molecule has 0 aliphatic rings. The van der Waals surface area contributed by atoms with Gasteiger partial charge in [-0.2, -0.15) is 0 Å². The van der Waals surface area contributed by atoms with E-state index in [4.69, 9.17) is 4.74 Å². The summed E-state index contributed by atoms with van der Waals surface area (Å²) < 4.78 is 5.45. The molecule has 0 saturated carbocycles. The molecule has 41 heavy (non-hydrogen) atoms. The normalized spacial score (nSPS) is 13.0. The minimum Gasteiger partial charge on any atom is -0.508 e. The van der Waals surface area contributed by atoms with Crippen LogP contribution < -0.4 is 10.6 Å². The number of carbonyl (C=O) groups is 3. The van der Waals surface area contributed by atoms with Crippen molar-refractivity contribution in [2.24, 2.45) is 5.92 Å². The Morgan fingerprint density at radius 2 is 1.61 bits per heavy atom. The van der Waals surface area contributed by atoms with E-state index in [1.54, 1.807) is 39.0 Å². The van der Waals surface area contributed by atoms with Crippen molar-refractivity contribution in [3.05, 3.63) is 72.3 Å². The monoisotopic (exact) mass is 561 g/mol. The molecule has 3 aromatic rings. The number of nitrogens with one attached hydrogen (secondary N) is 2. The quantitative estimate of drug-likeness (QED) is 0.239. The maximum atomic E-state index is 14.2. The summed E-state index contributed by atoms with van der Waals surface area (Å²) in [6.45, 7) is 11.4. The van der Waals surface area contributed by atoms with Gasteiger partial charge in [-0.05, 0) is 68.5 Å². The van der Waals surface area contributed by atoms with E-state index in [1.807, 2.05) is 63.2 Å². The topological polar surface area (TPSA) is 108 Å². The lowest BCUT2D eigenvalue weighted by Gasteiger charge is -2.35. The molecule has 8 nitrogen and oxygen atoms in total. The van der Waals surface area contributed by atoms with Crippen LogP contribution in [0.15, 0.2) is 66.7 Å². The second-order valence-electron chi connectivity index (χ2n) is 11.7. The molecule has 0 spiro atoms. The van der Waals surface area contributed by atoms with Gasteiger partial charge >= 0.3 is 6.09 Å². The van der Waals surface area contributed by atoms with Crippen LogP contribution in [0.5, 0.6) is 5.75 Å². The highest BCUT2D eigenvalue weighted by Gasteiger charge is 2.37. The Balaban J connectivity index is 2.03. The van der Waals surface area contributed by atoms with Crippen LogP contribution in [-0.4, -0.2) is 46.1 Å². The highest BCUT2D eigenvalue weighted by molar-refractivity contribution is 6.00. The summed E-state index contributed by atoms with van der Waals surface area (Å²) in [6, 6.07) is 17.9. The number of amides is 3. The third-order valence-corrected chi connectivity index (χ3v) is 6.54. The van der Waals surface area contributed by atoms with Gasteiger partial charge in [-0.3, -0.25) is 9.59 Å². The van der Waals surface area contributed by atoms with E-state index in [2.05, 4.69) is 10.6 Å². The number of anilines is 1. The molecule has 3 N–H and O–H groups in total. The number of fused-ring (bicyclic) bond motifs is 1. The average Bonchev–Trinajstić information content (AvgIpc) is 2.89. The molecule has 0 bridgehead atoms. The first-order chi connectivity index (χ1) is 19.4. The summed E-state index contributed by atoms with van der Waals surface area (Å²) in [5.41, 5.74) is 0.133. The maximum absolute atomic E-state index is 14.2. The fraction of sp³-hybridized carbons (Fsp3) is 0.424. The summed E-state index contributed by atoms with van der Waals surface area (Å²) in [7, 11) is 0. The Kier molecular flexibility index (Phi) is 10.8. The van der Waals surface area contributed by atoms with Gasteiger partial charge in [0.15, 0.2) is 0 Å². The van der Waals surface area contributed by atoms with Crippen LogP contribution in [0.1, 0.15) is 72.4 Å². The van der Waals surface area contributed by atoms with Crippen molar-refractivity contribution >= 4 is 34.4 Å². The van der Waals surface area contributed by atoms with Crippen molar-refractivity contribution in [1.29, 1.82) is 0 Å². The van der Waals surface area contributed by atoms with Gasteiger partial charge in [0, 0.05) is 17.8 Å². The molecule has 3 amide bonds. The Bertz CT molecular complexity index is 1350. The Morgan fingerprint density at radius 1 is 0.951 bits per heavy atom. The van der Waals surface area contributed by atoms with Gasteiger partial charge < -0.3 is 25.4 Å². The van der Waals surface area contributed by atoms with Gasteiger partial charge in [0.1, 0.15) is 23.4 Å². The summed E-state index contributed by atoms with van der Waals surface area (Å²) in [4.78, 5) is 42.5. The third-order valence-electron chi connectivity index (χ3n) is 6.54. The van der Waals surface area contributed by atoms with Gasteiger partial charge in [0.05, 0.1) is 0 Å². The Labute approximate surface area is 243 Å². The molecule has 0 saturated heterocycles. The first kappa shape index (κ1) is 31.5. The number of benzene rings is 3. The standard InChI is InChI=1S/C33H43N3O5/c1-7-8-19-36(31(39)27(20-22(2)3)35-32(40)41-33(4,5)6)29(26-15-11-12-16-28(26)37)30(38)34-25-18-17-23-13-9-10-14-24(23)21-25/h9-18,21-22,27,29,37H,7-8,19-20H2,1-6H3,(H,34,38)(H,35,40). The van der Waals surface area contributed by atoms with Crippen molar-refractivity contribution < 1.29 is 24.2 Å². The molecule has 2 unspecified atom stereocenters. The van der Waals surface area contributed by atoms with Crippen molar-refractivity contribution in [2.75, 3.05) is 11.9 Å². The second kappa shape index (κ2) is 14.0. The highest BCUT2D eigenvalue weighted by Crippen LogP contribution is 2.32. The number of phenolic OH excluding ortho intramolecular Hbond substituents is 1. The largest absolute Gasteiger partial charge is 0.508 e. The molecular formula is C33H43N3O5. The zero-order valence-electron chi connectivity index (χ0n) is 24.9. The van der Waals surface area contributed by atoms with Crippen LogP contribution in [0.4, 0.5) is 10.5 Å². The van der Waals surface area contributed by atoms with E-state index in [0.29, 0.717) is 24.1 Å². The van der Waals surface area contributed by atoms with Crippen molar-refractivity contribution in [1.82, 2.24) is 10.2 Å². The zero-order valence-corrected chi connectivity index (χ0v) is 24.9. The molecule has 0 aliphatic carbocycles. The number of hydrogen-bond donors (Lipinski definition) is 3. The number of rotatable bonds is 11. The van der Waals surface area contributed by atoms with Crippen LogP contribution >= 0.6 is 0 Å². The Morgan fingerprint density at radius 3 is 2.24 bits per heavy atom. The number of unbranched alkanes of at least 4 members (excludes halogenated alkanes) is 1. The molecule has 220 valence electrons. The van der Waals surface area contributed by atoms with E-state index >= 15 is 0 Å². The smallest absolute Gasteiger partial charge is 0.408 e. The number of aromatic hydroxyl groups is 1. The maximum Gasteiger partial charge on any atom is 0.408 e. The lowest BCUT2D eigenvalue weighted by molar-refractivity contribution is -0.141. The molecule has 0 heterocycles. The SMILES string of the molecule is CCCCN(C(=O)C(CC(C)C)NC(=O)OC(C)(C)C)C(C(=O)Nc1ccc2ccccc2c1)c1ccccc1O. The summed E-state index contributed by atoms with van der Waals surface area (Å²) >= 11 is 0. The Hall–Kier alpha value is -4.07. The number of para-hydroxylation sites is 1. The first-order valence-corrected chi connectivity index (χ1v) is 14.3.